The van der Waals surface area contributed by atoms with Gasteiger partial charge in [-0.05, 0) is 48.5 Å². The van der Waals surface area contributed by atoms with Crippen molar-refractivity contribution in [3.05, 3.63) is 0 Å². The van der Waals surface area contributed by atoms with Gasteiger partial charge in [-0.2, -0.15) is 0 Å². The van der Waals surface area contributed by atoms with E-state index in [0.29, 0.717) is 0 Å². The van der Waals surface area contributed by atoms with Crippen molar-refractivity contribution in [3.63, 3.8) is 0 Å². The lowest BCUT2D eigenvalue weighted by Crippen LogP contribution is -1.10. The Morgan fingerprint density at radius 3 is 0.361 bits per heavy atom. The van der Waals surface area contributed by atoms with Gasteiger partial charge in [-0.25, -0.2) is 0 Å². The third-order valence-electron chi connectivity index (χ3n) is 0. The Kier molecular flexibility index (Phi) is 10500. The van der Waals surface area contributed by atoms with E-state index in [0.717, 1.165) is 0 Å². The molecule has 0 spiro atoms. The second-order valence-corrected chi connectivity index (χ2v) is 2.02. The molecule has 0 aliphatic carbocycles. The zero-order valence-electron chi connectivity index (χ0n) is 23.5. The Hall–Kier alpha value is -4.40. The first-order valence-electron chi connectivity index (χ1n) is 9.30. The van der Waals surface area contributed by atoms with Gasteiger partial charge in [-0.3, -0.25) is 0 Å². The molecular weight excluding hydrogens is 432 g/mol. The lowest BCUT2D eigenvalue weighted by atomic mass is 10.9. The van der Waals surface area contributed by atoms with Gasteiger partial charge in [0, 0.05) is 2.74 Å². The van der Waals surface area contributed by atoms with E-state index < -0.39 is 0 Å². The maximum atomic E-state index is 5.88. The summed E-state index contributed by atoms with van der Waals surface area (Å²) in [5.74, 6) is 15.8. The average Bonchev–Trinajstić information content (AvgIpc) is 2.68. The molecule has 0 aromatic rings. The standard InChI is InChI=1S/7C3H4.3C2H2.9CH4/c7*1-3-2;3*1-2;;;;;;;;;/h7*1H,2H3;3*1-2H;9*1H4/i;;;;;;;3*1T;1T2;;;;;;;;. The van der Waals surface area contributed by atoms with Crippen LogP contribution >= 0.6 is 0 Å². The quantitative estimate of drug-likeness (QED) is 0.283. The lowest BCUT2D eigenvalue weighted by Gasteiger charge is -1.23. The van der Waals surface area contributed by atoms with E-state index in [2.05, 4.69) is 106 Å². The van der Waals surface area contributed by atoms with Gasteiger partial charge >= 0.3 is 0 Å². The highest BCUT2D eigenvalue weighted by Crippen LogP contribution is 1.23. The van der Waals surface area contributed by atoms with E-state index in [1.807, 2.05) is 0 Å². The molecule has 0 heteroatoms. The molecule has 0 saturated heterocycles. The van der Waals surface area contributed by atoms with Crippen LogP contribution in [0.4, 0.5) is 0 Å². The molecule has 0 rings (SSSR count). The molecule has 0 unspecified atom stereocenters. The molecule has 0 nitrogen and oxygen atoms in total. The van der Waals surface area contributed by atoms with Crippen LogP contribution in [0.15, 0.2) is 0 Å². The van der Waals surface area contributed by atoms with E-state index >= 15 is 0 Å². The van der Waals surface area contributed by atoms with Gasteiger partial charge in [0.25, 0.3) is 0 Å². The summed E-state index contributed by atoms with van der Waals surface area (Å²) in [5.41, 5.74) is 0. The summed E-state index contributed by atoms with van der Waals surface area (Å²) in [4.78, 5) is 0. The molecule has 0 aromatic heterocycles. The molecule has 0 atom stereocenters. The first kappa shape index (κ1) is 95.5. The van der Waals surface area contributed by atoms with Crippen LogP contribution in [0, 0.1) is 125 Å². The lowest BCUT2D eigenvalue weighted by molar-refractivity contribution is 1.94. The average molecular weight is 513 g/mol. The van der Waals surface area contributed by atoms with Crippen LogP contribution in [0.3, 0.4) is 0 Å². The maximum absolute atomic E-state index is 5.88. The van der Waals surface area contributed by atoms with Crippen molar-refractivity contribution < 1.29 is 6.85 Å². The summed E-state index contributed by atoms with van der Waals surface area (Å²) in [7, 11) is -0.250. The number of terminal acetylenes is 10. The summed E-state index contributed by atoms with van der Waals surface area (Å²) in [6.07, 6.45) is 49.5. The molecule has 0 amide bonds. The molecular formula is C36H70. The van der Waals surface area contributed by atoms with E-state index in [-0.39, 0.29) is 66.8 Å². The van der Waals surface area contributed by atoms with E-state index in [1.54, 1.807) is 48.5 Å². The SMILES string of the molecule is C.C.C.C.C.C.C.C.C#CC.C#CC.C#CC.C#CC.C#CC.C#CC.C#CC.[3H]C#C.[3H]C#C.[3H]C#C.[3H]C[3H]. The minimum Gasteiger partial charge on any atom is -0.124 e. The van der Waals surface area contributed by atoms with Crippen LogP contribution in [0.5, 0.6) is 0 Å². The molecule has 214 valence electrons. The molecule has 0 fully saturated rings. The van der Waals surface area contributed by atoms with Crippen LogP contribution in [-0.2, 0) is 0 Å². The maximum Gasteiger partial charge on any atom is 0.124 e. The topological polar surface area (TPSA) is 0 Å². The second-order valence-electron chi connectivity index (χ2n) is 2.02. The van der Waals surface area contributed by atoms with Crippen LogP contribution in [-0.4, -0.2) is 0 Å². The van der Waals surface area contributed by atoms with Crippen LogP contribution < -0.4 is 0 Å². The predicted octanol–water partition coefficient (Wildman–Crippen LogP) is 10.9. The molecule has 0 aliphatic heterocycles. The fourth-order valence-electron chi connectivity index (χ4n) is 0. The minimum atomic E-state index is -0.250. The highest BCUT2D eigenvalue weighted by molar-refractivity contribution is 4.75. The van der Waals surface area contributed by atoms with Crippen molar-refractivity contribution in [3.8, 4) is 125 Å². The Bertz CT molecular complexity index is 451. The highest BCUT2D eigenvalue weighted by atomic mass is 13.2. The predicted molar refractivity (Wildman–Crippen MR) is 192 cm³/mol. The van der Waals surface area contributed by atoms with Crippen LogP contribution in [0.1, 0.15) is 122 Å². The Labute approximate surface area is 247 Å². The van der Waals surface area contributed by atoms with Gasteiger partial charge in [-0.1, -0.05) is 66.8 Å². The molecule has 36 heavy (non-hydrogen) atoms. The van der Waals surface area contributed by atoms with Crippen molar-refractivity contribution in [1.29, 1.82) is 0 Å². The van der Waals surface area contributed by atoms with Crippen molar-refractivity contribution >= 4 is 0 Å². The first-order valence-corrected chi connectivity index (χ1v) is 6.39. The van der Waals surface area contributed by atoms with Gasteiger partial charge in [-0.15, -0.1) is 125 Å². The number of rotatable bonds is 0. The van der Waals surface area contributed by atoms with Gasteiger partial charge in [0.2, 0.25) is 0 Å². The highest BCUT2D eigenvalue weighted by Gasteiger charge is 1.10. The summed E-state index contributed by atoms with van der Waals surface area (Å²) in [5, 5.41) is 0. The largest absolute Gasteiger partial charge is 0.124 e. The van der Waals surface area contributed by atoms with Crippen molar-refractivity contribution in [2.45, 2.75) is 115 Å². The number of hydrogen-bond acceptors (Lipinski definition) is 0. The van der Waals surface area contributed by atoms with Gasteiger partial charge in [0.1, 0.15) is 4.11 Å². The first-order chi connectivity index (χ1) is 15.6. The summed E-state index contributed by atoms with van der Waals surface area (Å²) in [6.45, 7) is 11.6. The van der Waals surface area contributed by atoms with Gasteiger partial charge in [0.05, 0.1) is 0 Å². The fraction of sp³-hybridized carbons (Fsp3) is 0.444. The molecule has 0 radical (unpaired) electrons. The van der Waals surface area contributed by atoms with E-state index in [4.69, 9.17) is 6.85 Å². The van der Waals surface area contributed by atoms with E-state index in [1.165, 1.54) is 19.2 Å². The van der Waals surface area contributed by atoms with Crippen LogP contribution in [0.2, 0.25) is 0 Å². The molecule has 0 bridgehead atoms. The smallest absolute Gasteiger partial charge is 0.124 e. The molecule has 0 heterocycles. The van der Waals surface area contributed by atoms with Crippen molar-refractivity contribution in [1.82, 2.24) is 0 Å². The Morgan fingerprint density at radius 1 is 0.361 bits per heavy atom. The fourth-order valence-corrected chi connectivity index (χ4v) is 0. The summed E-state index contributed by atoms with van der Waals surface area (Å²) < 4.78 is 29.0. The third kappa shape index (κ3) is 1250. The molecule has 0 aromatic carbocycles. The van der Waals surface area contributed by atoms with Crippen molar-refractivity contribution in [2.75, 3.05) is 0 Å². The molecule has 0 N–H and O–H groups in total. The normalized spacial score (nSPS) is 2.86. The van der Waals surface area contributed by atoms with E-state index in [9.17, 15) is 0 Å². The molecule has 0 aliphatic rings. The van der Waals surface area contributed by atoms with Crippen LogP contribution in [0.25, 0.3) is 0 Å². The zero-order valence-corrected chi connectivity index (χ0v) is 18.5. The Morgan fingerprint density at radius 2 is 0.361 bits per heavy atom. The number of hydrogen-bond donors (Lipinski definition) is 0. The Balaban J connectivity index is -0.00000000749. The second kappa shape index (κ2) is 3970. The van der Waals surface area contributed by atoms with Gasteiger partial charge < -0.3 is 0 Å². The van der Waals surface area contributed by atoms with Crippen molar-refractivity contribution in [2.24, 2.45) is 0 Å². The minimum absolute atomic E-state index is 0. The summed E-state index contributed by atoms with van der Waals surface area (Å²) >= 11 is 0. The third-order valence-corrected chi connectivity index (χ3v) is 0. The zero-order chi connectivity index (χ0) is 29.8. The van der Waals surface area contributed by atoms with Gasteiger partial charge in [0.15, 0.2) is 0 Å². The summed E-state index contributed by atoms with van der Waals surface area (Å²) in [6, 6.07) is 0. The molecule has 0 saturated carbocycles. The monoisotopic (exact) mass is 513 g/mol.